The topological polar surface area (TPSA) is 67.9 Å². The molecule has 0 radical (unpaired) electrons. The number of nitrogens with one attached hydrogen (secondary N) is 1. The molecule has 1 N–H and O–H groups in total. The fraction of sp³-hybridized carbons (Fsp3) is 0.333. The second-order valence-corrected chi connectivity index (χ2v) is 9.00. The monoisotopic (exact) mass is 488 g/mol. The highest BCUT2D eigenvalue weighted by atomic mass is 16.5. The van der Waals surface area contributed by atoms with Gasteiger partial charge in [-0.3, -0.25) is 9.59 Å². The van der Waals surface area contributed by atoms with E-state index in [1.807, 2.05) is 99.6 Å². The molecule has 3 aromatic carbocycles. The number of methoxy groups -OCH3 is 1. The van der Waals surface area contributed by atoms with E-state index in [-0.39, 0.29) is 31.0 Å². The second-order valence-electron chi connectivity index (χ2n) is 9.00. The summed E-state index contributed by atoms with van der Waals surface area (Å²) in [6.07, 6.45) is 1.19. The van der Waals surface area contributed by atoms with Crippen LogP contribution in [0.25, 0.3) is 0 Å². The van der Waals surface area contributed by atoms with Crippen molar-refractivity contribution in [1.82, 2.24) is 10.2 Å². The van der Waals surface area contributed by atoms with Crippen molar-refractivity contribution < 1.29 is 19.1 Å². The van der Waals surface area contributed by atoms with E-state index in [1.165, 1.54) is 0 Å². The molecule has 2 amide bonds. The van der Waals surface area contributed by atoms with E-state index in [0.717, 1.165) is 23.1 Å². The number of rotatable bonds is 12. The number of aryl methyl sites for hydroxylation is 1. The molecule has 0 unspecified atom stereocenters. The molecule has 0 spiro atoms. The van der Waals surface area contributed by atoms with Crippen molar-refractivity contribution in [1.29, 1.82) is 0 Å². The number of hydrogen-bond donors (Lipinski definition) is 1. The van der Waals surface area contributed by atoms with Gasteiger partial charge in [0.1, 0.15) is 17.5 Å². The molecule has 6 heteroatoms. The van der Waals surface area contributed by atoms with Gasteiger partial charge < -0.3 is 19.7 Å². The summed E-state index contributed by atoms with van der Waals surface area (Å²) in [7, 11) is 1.61. The van der Waals surface area contributed by atoms with E-state index in [0.29, 0.717) is 17.9 Å². The summed E-state index contributed by atoms with van der Waals surface area (Å²) in [5, 5.41) is 3.08. The van der Waals surface area contributed by atoms with Gasteiger partial charge in [-0.05, 0) is 61.2 Å². The molecule has 0 fully saturated rings. The molecule has 0 aliphatic heterocycles. The van der Waals surface area contributed by atoms with Crippen LogP contribution in [0.5, 0.6) is 11.5 Å². The van der Waals surface area contributed by atoms with Crippen LogP contribution in [0.2, 0.25) is 0 Å². The third-order valence-corrected chi connectivity index (χ3v) is 6.11. The first-order valence-corrected chi connectivity index (χ1v) is 12.4. The van der Waals surface area contributed by atoms with Crippen LogP contribution in [0.15, 0.2) is 78.9 Å². The molecule has 0 bridgehead atoms. The van der Waals surface area contributed by atoms with Gasteiger partial charge in [-0.2, -0.15) is 0 Å². The summed E-state index contributed by atoms with van der Waals surface area (Å²) in [5.74, 6) is 0.868. The number of carbonyl (C=O) groups excluding carboxylic acids is 2. The highest BCUT2D eigenvalue weighted by molar-refractivity contribution is 5.88. The smallest absolute Gasteiger partial charge is 0.261 e. The van der Waals surface area contributed by atoms with Crippen molar-refractivity contribution in [3.05, 3.63) is 95.6 Å². The van der Waals surface area contributed by atoms with Crippen molar-refractivity contribution >= 4 is 11.8 Å². The van der Waals surface area contributed by atoms with Crippen LogP contribution in [0, 0.1) is 6.92 Å². The average molecular weight is 489 g/mol. The Bertz CT molecular complexity index is 1130. The summed E-state index contributed by atoms with van der Waals surface area (Å²) < 4.78 is 11.2. The minimum absolute atomic E-state index is 0.00640. The number of carbonyl (C=O) groups is 2. The van der Waals surface area contributed by atoms with Gasteiger partial charge in [0.2, 0.25) is 5.91 Å². The van der Waals surface area contributed by atoms with Gasteiger partial charge in [-0.15, -0.1) is 0 Å². The lowest BCUT2D eigenvalue weighted by molar-refractivity contribution is -0.143. The SMILES string of the molecule is CC[C@H](C)NC(=O)[C@H](Cc1ccccc1)N(Cc1cccc(OC)c1)C(=O)COc1cccc(C)c1. The Morgan fingerprint density at radius 2 is 1.61 bits per heavy atom. The third kappa shape index (κ3) is 7.87. The fourth-order valence-electron chi connectivity index (χ4n) is 3.90. The van der Waals surface area contributed by atoms with Gasteiger partial charge >= 0.3 is 0 Å². The van der Waals surface area contributed by atoms with E-state index in [2.05, 4.69) is 5.32 Å². The van der Waals surface area contributed by atoms with Crippen molar-refractivity contribution in [2.75, 3.05) is 13.7 Å². The first-order chi connectivity index (χ1) is 17.4. The molecule has 0 saturated carbocycles. The van der Waals surface area contributed by atoms with Gasteiger partial charge in [-0.1, -0.05) is 61.5 Å². The van der Waals surface area contributed by atoms with Crippen molar-refractivity contribution in [2.45, 2.75) is 52.2 Å². The number of benzene rings is 3. The Labute approximate surface area is 214 Å². The highest BCUT2D eigenvalue weighted by Crippen LogP contribution is 2.19. The molecule has 3 rings (SSSR count). The second kappa shape index (κ2) is 13.3. The Morgan fingerprint density at radius 3 is 2.31 bits per heavy atom. The van der Waals surface area contributed by atoms with Gasteiger partial charge in [-0.25, -0.2) is 0 Å². The summed E-state index contributed by atoms with van der Waals surface area (Å²) in [6.45, 7) is 6.03. The minimum Gasteiger partial charge on any atom is -0.497 e. The molecule has 0 aromatic heterocycles. The number of nitrogens with zero attached hydrogens (tertiary/aromatic N) is 1. The molecule has 2 atom stereocenters. The Kier molecular flexibility index (Phi) is 9.92. The van der Waals surface area contributed by atoms with Crippen LogP contribution >= 0.6 is 0 Å². The molecule has 0 heterocycles. The number of hydrogen-bond acceptors (Lipinski definition) is 4. The molecular formula is C30H36N2O4. The summed E-state index contributed by atoms with van der Waals surface area (Å²) in [6, 6.07) is 24.2. The highest BCUT2D eigenvalue weighted by Gasteiger charge is 2.31. The predicted molar refractivity (Wildman–Crippen MR) is 142 cm³/mol. The molecule has 0 aliphatic rings. The zero-order valence-electron chi connectivity index (χ0n) is 21.6. The van der Waals surface area contributed by atoms with Gasteiger partial charge in [0, 0.05) is 19.0 Å². The number of amides is 2. The van der Waals surface area contributed by atoms with Gasteiger partial charge in [0.05, 0.1) is 7.11 Å². The van der Waals surface area contributed by atoms with E-state index >= 15 is 0 Å². The summed E-state index contributed by atoms with van der Waals surface area (Å²) in [4.78, 5) is 28.8. The number of ether oxygens (including phenoxy) is 2. The Balaban J connectivity index is 1.93. The van der Waals surface area contributed by atoms with Crippen LogP contribution < -0.4 is 14.8 Å². The summed E-state index contributed by atoms with van der Waals surface area (Å²) >= 11 is 0. The maximum atomic E-state index is 13.6. The fourth-order valence-corrected chi connectivity index (χ4v) is 3.90. The van der Waals surface area contributed by atoms with Crippen LogP contribution in [0.1, 0.15) is 37.0 Å². The quantitative estimate of drug-likeness (QED) is 0.392. The van der Waals surface area contributed by atoms with E-state index in [4.69, 9.17) is 9.47 Å². The van der Waals surface area contributed by atoms with Crippen molar-refractivity contribution in [3.8, 4) is 11.5 Å². The average Bonchev–Trinajstić information content (AvgIpc) is 2.89. The third-order valence-electron chi connectivity index (χ3n) is 6.11. The largest absolute Gasteiger partial charge is 0.497 e. The maximum absolute atomic E-state index is 13.6. The van der Waals surface area contributed by atoms with Crippen LogP contribution in [-0.4, -0.2) is 42.5 Å². The first-order valence-electron chi connectivity index (χ1n) is 12.4. The van der Waals surface area contributed by atoms with E-state index in [9.17, 15) is 9.59 Å². The lowest BCUT2D eigenvalue weighted by Gasteiger charge is -2.32. The Hall–Kier alpha value is -3.80. The maximum Gasteiger partial charge on any atom is 0.261 e. The molecule has 0 aliphatic carbocycles. The molecular weight excluding hydrogens is 452 g/mol. The molecule has 3 aromatic rings. The predicted octanol–water partition coefficient (Wildman–Crippen LogP) is 4.94. The normalized spacial score (nSPS) is 12.3. The van der Waals surface area contributed by atoms with Crippen LogP contribution in [-0.2, 0) is 22.6 Å². The standard InChI is InChI=1S/C30H36N2O4/c1-5-23(3)31-30(34)28(19-24-12-7-6-8-13-24)32(20-25-14-10-15-26(18-25)35-4)29(33)21-36-27-16-9-11-22(2)17-27/h6-18,23,28H,5,19-21H2,1-4H3,(H,31,34)/t23-,28-/m0/s1. The molecule has 6 nitrogen and oxygen atoms in total. The van der Waals surface area contributed by atoms with Gasteiger partial charge in [0.25, 0.3) is 5.91 Å². The molecule has 36 heavy (non-hydrogen) atoms. The molecule has 0 saturated heterocycles. The van der Waals surface area contributed by atoms with Crippen LogP contribution in [0.4, 0.5) is 0 Å². The lowest BCUT2D eigenvalue weighted by atomic mass is 10.0. The molecule has 190 valence electrons. The Morgan fingerprint density at radius 1 is 0.917 bits per heavy atom. The van der Waals surface area contributed by atoms with Crippen molar-refractivity contribution in [2.24, 2.45) is 0 Å². The zero-order chi connectivity index (χ0) is 25.9. The first kappa shape index (κ1) is 26.8. The van der Waals surface area contributed by atoms with Gasteiger partial charge in [0.15, 0.2) is 6.61 Å². The van der Waals surface area contributed by atoms with Crippen LogP contribution in [0.3, 0.4) is 0 Å². The lowest BCUT2D eigenvalue weighted by Crippen LogP contribution is -2.53. The minimum atomic E-state index is -0.707. The zero-order valence-corrected chi connectivity index (χ0v) is 21.6. The van der Waals surface area contributed by atoms with E-state index < -0.39 is 6.04 Å². The van der Waals surface area contributed by atoms with E-state index in [1.54, 1.807) is 12.0 Å². The van der Waals surface area contributed by atoms with Crippen molar-refractivity contribution in [3.63, 3.8) is 0 Å². The summed E-state index contributed by atoms with van der Waals surface area (Å²) in [5.41, 5.74) is 2.89.